The van der Waals surface area contributed by atoms with Gasteiger partial charge in [0.25, 0.3) is 0 Å². The normalized spacial score (nSPS) is 15.6. The molecule has 0 spiro atoms. The third-order valence-corrected chi connectivity index (χ3v) is 4.21. The van der Waals surface area contributed by atoms with Crippen LogP contribution in [-0.4, -0.2) is 30.8 Å². The van der Waals surface area contributed by atoms with Gasteiger partial charge in [-0.3, -0.25) is 0 Å². The van der Waals surface area contributed by atoms with E-state index in [4.69, 9.17) is 9.47 Å². The second-order valence-corrected chi connectivity index (χ2v) is 6.50. The van der Waals surface area contributed by atoms with Gasteiger partial charge in [-0.15, -0.1) is 0 Å². The molecule has 0 saturated carbocycles. The first kappa shape index (κ1) is 14.5. The maximum atomic E-state index is 5.66. The molecule has 2 rings (SSSR count). The van der Waals surface area contributed by atoms with E-state index in [0.717, 1.165) is 23.8 Å². The van der Waals surface area contributed by atoms with Gasteiger partial charge in [0.05, 0.1) is 0 Å². The zero-order valence-electron chi connectivity index (χ0n) is 11.9. The predicted molar refractivity (Wildman–Crippen MR) is 81.4 cm³/mol. The van der Waals surface area contributed by atoms with E-state index >= 15 is 0 Å². The summed E-state index contributed by atoms with van der Waals surface area (Å²) in [5.41, 5.74) is 1.28. The summed E-state index contributed by atoms with van der Waals surface area (Å²) in [6.07, 6.45) is 0. The Morgan fingerprint density at radius 3 is 2.63 bits per heavy atom. The minimum absolute atomic E-state index is 0.369. The van der Waals surface area contributed by atoms with Crippen molar-refractivity contribution in [3.05, 3.63) is 23.8 Å². The standard InChI is InChI=1S/C15H23NO2S/c1-4-16-13(10-19-11(2)3)12-5-6-14-15(9-12)18-8-7-17-14/h5-6,9,11,13,16H,4,7-8,10H2,1-3H3. The van der Waals surface area contributed by atoms with Crippen molar-refractivity contribution in [2.75, 3.05) is 25.5 Å². The molecule has 0 fully saturated rings. The van der Waals surface area contributed by atoms with Gasteiger partial charge in [-0.25, -0.2) is 0 Å². The van der Waals surface area contributed by atoms with Gasteiger partial charge in [0.1, 0.15) is 13.2 Å². The van der Waals surface area contributed by atoms with Crippen molar-refractivity contribution in [3.63, 3.8) is 0 Å². The Morgan fingerprint density at radius 1 is 1.21 bits per heavy atom. The van der Waals surface area contributed by atoms with Crippen LogP contribution < -0.4 is 14.8 Å². The molecule has 1 heterocycles. The van der Waals surface area contributed by atoms with Crippen LogP contribution in [0.3, 0.4) is 0 Å². The average molecular weight is 281 g/mol. The van der Waals surface area contributed by atoms with Gasteiger partial charge in [0, 0.05) is 11.8 Å². The Bertz CT molecular complexity index is 409. The number of hydrogen-bond acceptors (Lipinski definition) is 4. The van der Waals surface area contributed by atoms with Crippen LogP contribution in [0.4, 0.5) is 0 Å². The fourth-order valence-electron chi connectivity index (χ4n) is 2.08. The summed E-state index contributed by atoms with van der Waals surface area (Å²) < 4.78 is 11.2. The number of ether oxygens (including phenoxy) is 2. The lowest BCUT2D eigenvalue weighted by Crippen LogP contribution is -2.24. The molecule has 19 heavy (non-hydrogen) atoms. The highest BCUT2D eigenvalue weighted by Gasteiger charge is 2.16. The van der Waals surface area contributed by atoms with Gasteiger partial charge >= 0.3 is 0 Å². The van der Waals surface area contributed by atoms with Crippen molar-refractivity contribution in [1.29, 1.82) is 0 Å². The van der Waals surface area contributed by atoms with Crippen molar-refractivity contribution >= 4 is 11.8 Å². The van der Waals surface area contributed by atoms with Crippen LogP contribution in [0.1, 0.15) is 32.4 Å². The van der Waals surface area contributed by atoms with Crippen LogP contribution in [0.5, 0.6) is 11.5 Å². The monoisotopic (exact) mass is 281 g/mol. The maximum absolute atomic E-state index is 5.66. The Kier molecular flexibility index (Phi) is 5.40. The molecular weight excluding hydrogens is 258 g/mol. The first-order valence-corrected chi connectivity index (χ1v) is 8.00. The second kappa shape index (κ2) is 7.06. The third kappa shape index (κ3) is 4.05. The van der Waals surface area contributed by atoms with Crippen molar-refractivity contribution in [2.45, 2.75) is 32.1 Å². The van der Waals surface area contributed by atoms with Crippen LogP contribution >= 0.6 is 11.8 Å². The molecular formula is C15H23NO2S. The first-order valence-electron chi connectivity index (χ1n) is 6.95. The molecule has 0 radical (unpaired) electrons. The van der Waals surface area contributed by atoms with Crippen molar-refractivity contribution in [1.82, 2.24) is 5.32 Å². The van der Waals surface area contributed by atoms with E-state index in [1.165, 1.54) is 5.56 Å². The molecule has 0 saturated heterocycles. The fraction of sp³-hybridized carbons (Fsp3) is 0.600. The van der Waals surface area contributed by atoms with E-state index in [1.807, 2.05) is 17.8 Å². The summed E-state index contributed by atoms with van der Waals surface area (Å²) >= 11 is 1.98. The van der Waals surface area contributed by atoms with Crippen LogP contribution in [0.25, 0.3) is 0 Å². The molecule has 0 bridgehead atoms. The highest BCUT2D eigenvalue weighted by atomic mass is 32.2. The molecule has 1 aliphatic heterocycles. The van der Waals surface area contributed by atoms with Gasteiger partial charge in [-0.1, -0.05) is 26.8 Å². The molecule has 0 aliphatic carbocycles. The summed E-state index contributed by atoms with van der Waals surface area (Å²) in [7, 11) is 0. The van der Waals surface area contributed by atoms with Crippen LogP contribution in [0, 0.1) is 0 Å². The van der Waals surface area contributed by atoms with E-state index < -0.39 is 0 Å². The predicted octanol–water partition coefficient (Wildman–Crippen LogP) is 3.25. The van der Waals surface area contributed by atoms with E-state index in [9.17, 15) is 0 Å². The maximum Gasteiger partial charge on any atom is 0.161 e. The smallest absolute Gasteiger partial charge is 0.161 e. The number of rotatable bonds is 6. The number of benzene rings is 1. The summed E-state index contributed by atoms with van der Waals surface area (Å²) in [6, 6.07) is 6.65. The largest absolute Gasteiger partial charge is 0.486 e. The molecule has 3 nitrogen and oxygen atoms in total. The molecule has 1 unspecified atom stereocenters. The number of fused-ring (bicyclic) bond motifs is 1. The minimum Gasteiger partial charge on any atom is -0.486 e. The summed E-state index contributed by atoms with van der Waals surface area (Å²) in [6.45, 7) is 8.87. The van der Waals surface area contributed by atoms with Crippen LogP contribution in [-0.2, 0) is 0 Å². The molecule has 1 aromatic carbocycles. The lowest BCUT2D eigenvalue weighted by Gasteiger charge is -2.23. The van der Waals surface area contributed by atoms with E-state index in [1.54, 1.807) is 0 Å². The molecule has 1 N–H and O–H groups in total. The fourth-order valence-corrected chi connectivity index (χ4v) is 2.97. The Balaban J connectivity index is 2.11. The van der Waals surface area contributed by atoms with Gasteiger partial charge in [0.15, 0.2) is 11.5 Å². The van der Waals surface area contributed by atoms with Crippen molar-refractivity contribution in [3.8, 4) is 11.5 Å². The molecule has 106 valence electrons. The highest BCUT2D eigenvalue weighted by molar-refractivity contribution is 7.99. The van der Waals surface area contributed by atoms with Gasteiger partial charge < -0.3 is 14.8 Å². The summed E-state index contributed by atoms with van der Waals surface area (Å²) in [5.74, 6) is 2.81. The molecule has 1 aliphatic rings. The van der Waals surface area contributed by atoms with E-state index in [0.29, 0.717) is 24.5 Å². The number of thioether (sulfide) groups is 1. The molecule has 0 aromatic heterocycles. The van der Waals surface area contributed by atoms with Crippen molar-refractivity contribution in [2.24, 2.45) is 0 Å². The third-order valence-electron chi connectivity index (χ3n) is 3.02. The molecule has 0 amide bonds. The van der Waals surface area contributed by atoms with Gasteiger partial charge in [-0.05, 0) is 29.5 Å². The molecule has 4 heteroatoms. The zero-order valence-corrected chi connectivity index (χ0v) is 12.8. The molecule has 1 aromatic rings. The van der Waals surface area contributed by atoms with E-state index in [2.05, 4.69) is 38.2 Å². The Labute approximate surface area is 120 Å². The SMILES string of the molecule is CCNC(CSC(C)C)c1ccc2c(c1)OCCO2. The Hall–Kier alpha value is -0.870. The van der Waals surface area contributed by atoms with Crippen molar-refractivity contribution < 1.29 is 9.47 Å². The topological polar surface area (TPSA) is 30.5 Å². The van der Waals surface area contributed by atoms with Gasteiger partial charge in [0.2, 0.25) is 0 Å². The average Bonchev–Trinajstić information content (AvgIpc) is 2.42. The minimum atomic E-state index is 0.369. The molecule has 1 atom stereocenters. The zero-order chi connectivity index (χ0) is 13.7. The summed E-state index contributed by atoms with van der Waals surface area (Å²) in [5, 5.41) is 4.20. The lowest BCUT2D eigenvalue weighted by atomic mass is 10.1. The second-order valence-electron chi connectivity index (χ2n) is 4.90. The quantitative estimate of drug-likeness (QED) is 0.867. The first-order chi connectivity index (χ1) is 9.20. The van der Waals surface area contributed by atoms with E-state index in [-0.39, 0.29) is 0 Å². The number of hydrogen-bond donors (Lipinski definition) is 1. The van der Waals surface area contributed by atoms with Crippen LogP contribution in [0.2, 0.25) is 0 Å². The lowest BCUT2D eigenvalue weighted by molar-refractivity contribution is 0.171. The summed E-state index contributed by atoms with van der Waals surface area (Å²) in [4.78, 5) is 0. The Morgan fingerprint density at radius 2 is 1.95 bits per heavy atom. The highest BCUT2D eigenvalue weighted by Crippen LogP contribution is 2.33. The van der Waals surface area contributed by atoms with Crippen LogP contribution in [0.15, 0.2) is 18.2 Å². The van der Waals surface area contributed by atoms with Gasteiger partial charge in [-0.2, -0.15) is 11.8 Å². The number of nitrogens with one attached hydrogen (secondary N) is 1.